The smallest absolute Gasteiger partial charge is 0.120 e. The lowest BCUT2D eigenvalue weighted by molar-refractivity contribution is 0.415. The number of thiophene rings is 1. The topological polar surface area (TPSA) is 21.3 Å². The van der Waals surface area contributed by atoms with E-state index < -0.39 is 0 Å². The number of hydrogen-bond donors (Lipinski definition) is 1. The lowest BCUT2D eigenvalue weighted by Gasteiger charge is -2.12. The van der Waals surface area contributed by atoms with Gasteiger partial charge in [0.25, 0.3) is 0 Å². The highest BCUT2D eigenvalue weighted by molar-refractivity contribution is 7.19. The Balaban J connectivity index is 1.84. The molecule has 114 valence electrons. The third-order valence-electron chi connectivity index (χ3n) is 3.88. The second-order valence-electron chi connectivity index (χ2n) is 5.38. The summed E-state index contributed by atoms with van der Waals surface area (Å²) in [5, 5.41) is 4.86. The first kappa shape index (κ1) is 16.1. The standard InChI is InChI=1S/C18H25NOS/c1-4-6-14(5-2)9-10-19-13-17-11-15-7-8-16(20-3)12-18(15)21-17/h4,7-8,11-12,14,19H,1,5-6,9-10,13H2,2-3H3. The molecule has 0 aliphatic rings. The van der Waals surface area contributed by atoms with Crippen LogP contribution >= 0.6 is 11.3 Å². The number of methoxy groups -OCH3 is 1. The van der Waals surface area contributed by atoms with Gasteiger partial charge in [0.1, 0.15) is 5.75 Å². The molecule has 2 rings (SSSR count). The third kappa shape index (κ3) is 4.58. The summed E-state index contributed by atoms with van der Waals surface area (Å²) in [5.41, 5.74) is 0. The number of benzene rings is 1. The highest BCUT2D eigenvalue weighted by atomic mass is 32.1. The molecule has 0 amide bonds. The molecule has 2 aromatic rings. The number of ether oxygens (including phenoxy) is 1. The predicted octanol–water partition coefficient (Wildman–Crippen LogP) is 4.99. The van der Waals surface area contributed by atoms with Gasteiger partial charge in [0.2, 0.25) is 0 Å². The first-order chi connectivity index (χ1) is 10.3. The molecule has 1 unspecified atom stereocenters. The van der Waals surface area contributed by atoms with E-state index in [9.17, 15) is 0 Å². The van der Waals surface area contributed by atoms with Crippen LogP contribution in [0.4, 0.5) is 0 Å². The van der Waals surface area contributed by atoms with Gasteiger partial charge in [0.15, 0.2) is 0 Å². The fraction of sp³-hybridized carbons (Fsp3) is 0.444. The maximum absolute atomic E-state index is 5.27. The molecule has 3 heteroatoms. The summed E-state index contributed by atoms with van der Waals surface area (Å²) in [6.07, 6.45) is 5.62. The number of fused-ring (bicyclic) bond motifs is 1. The summed E-state index contributed by atoms with van der Waals surface area (Å²) >= 11 is 1.84. The summed E-state index contributed by atoms with van der Waals surface area (Å²) in [5.74, 6) is 1.70. The molecule has 0 fully saturated rings. The van der Waals surface area contributed by atoms with Gasteiger partial charge in [0, 0.05) is 16.1 Å². The summed E-state index contributed by atoms with van der Waals surface area (Å²) in [7, 11) is 1.71. The summed E-state index contributed by atoms with van der Waals surface area (Å²) in [6.45, 7) is 8.12. The first-order valence-electron chi connectivity index (χ1n) is 7.65. The Morgan fingerprint density at radius 1 is 1.38 bits per heavy atom. The lowest BCUT2D eigenvalue weighted by Crippen LogP contribution is -2.16. The summed E-state index contributed by atoms with van der Waals surface area (Å²) in [4.78, 5) is 1.38. The minimum Gasteiger partial charge on any atom is -0.497 e. The van der Waals surface area contributed by atoms with Crippen LogP contribution in [0.2, 0.25) is 0 Å². The van der Waals surface area contributed by atoms with Crippen LogP contribution in [0.25, 0.3) is 10.1 Å². The molecule has 0 spiro atoms. The van der Waals surface area contributed by atoms with E-state index in [2.05, 4.69) is 37.0 Å². The zero-order chi connectivity index (χ0) is 15.1. The van der Waals surface area contributed by atoms with Crippen molar-refractivity contribution in [3.05, 3.63) is 41.8 Å². The Kier molecular flexibility index (Phi) is 6.27. The molecular weight excluding hydrogens is 278 g/mol. The van der Waals surface area contributed by atoms with Gasteiger partial charge in [-0.3, -0.25) is 0 Å². The van der Waals surface area contributed by atoms with Crippen molar-refractivity contribution in [3.63, 3.8) is 0 Å². The third-order valence-corrected chi connectivity index (χ3v) is 4.98. The van der Waals surface area contributed by atoms with Crippen molar-refractivity contribution >= 4 is 21.4 Å². The zero-order valence-corrected chi connectivity index (χ0v) is 13.8. The highest BCUT2D eigenvalue weighted by Gasteiger charge is 2.05. The molecule has 0 aliphatic heterocycles. The molecule has 0 saturated heterocycles. The van der Waals surface area contributed by atoms with Gasteiger partial charge in [0.05, 0.1) is 7.11 Å². The van der Waals surface area contributed by atoms with E-state index in [1.165, 1.54) is 27.8 Å². The van der Waals surface area contributed by atoms with E-state index in [0.29, 0.717) is 0 Å². The normalized spacial score (nSPS) is 12.5. The van der Waals surface area contributed by atoms with Crippen molar-refractivity contribution in [1.82, 2.24) is 5.32 Å². The molecule has 1 N–H and O–H groups in total. The Hall–Kier alpha value is -1.32. The summed E-state index contributed by atoms with van der Waals surface area (Å²) in [6, 6.07) is 8.53. The quantitative estimate of drug-likeness (QED) is 0.520. The van der Waals surface area contributed by atoms with E-state index in [-0.39, 0.29) is 0 Å². The van der Waals surface area contributed by atoms with Crippen molar-refractivity contribution in [2.75, 3.05) is 13.7 Å². The highest BCUT2D eigenvalue weighted by Crippen LogP contribution is 2.29. The Morgan fingerprint density at radius 3 is 2.95 bits per heavy atom. The lowest BCUT2D eigenvalue weighted by atomic mass is 9.99. The molecule has 2 nitrogen and oxygen atoms in total. The maximum Gasteiger partial charge on any atom is 0.120 e. The van der Waals surface area contributed by atoms with Crippen molar-refractivity contribution < 1.29 is 4.74 Å². The van der Waals surface area contributed by atoms with Gasteiger partial charge in [-0.1, -0.05) is 19.4 Å². The first-order valence-corrected chi connectivity index (χ1v) is 8.46. The largest absolute Gasteiger partial charge is 0.497 e. The molecule has 0 saturated carbocycles. The molecule has 0 aliphatic carbocycles. The number of nitrogens with one attached hydrogen (secondary N) is 1. The van der Waals surface area contributed by atoms with E-state index >= 15 is 0 Å². The van der Waals surface area contributed by atoms with E-state index in [1.54, 1.807) is 7.11 Å². The molecule has 21 heavy (non-hydrogen) atoms. The Morgan fingerprint density at radius 2 is 2.24 bits per heavy atom. The van der Waals surface area contributed by atoms with Crippen LogP contribution in [0.5, 0.6) is 5.75 Å². The molecule has 1 aromatic heterocycles. The van der Waals surface area contributed by atoms with E-state index in [1.807, 2.05) is 23.5 Å². The van der Waals surface area contributed by atoms with Crippen LogP contribution in [0, 0.1) is 5.92 Å². The van der Waals surface area contributed by atoms with Crippen molar-refractivity contribution in [2.24, 2.45) is 5.92 Å². The summed E-state index contributed by atoms with van der Waals surface area (Å²) < 4.78 is 6.57. The van der Waals surface area contributed by atoms with Gasteiger partial charge < -0.3 is 10.1 Å². The van der Waals surface area contributed by atoms with Crippen LogP contribution in [-0.4, -0.2) is 13.7 Å². The van der Waals surface area contributed by atoms with Gasteiger partial charge in [-0.05, 0) is 55.0 Å². The second-order valence-corrected chi connectivity index (χ2v) is 6.55. The predicted molar refractivity (Wildman–Crippen MR) is 93.3 cm³/mol. The zero-order valence-electron chi connectivity index (χ0n) is 13.0. The number of hydrogen-bond acceptors (Lipinski definition) is 3. The SMILES string of the molecule is C=CCC(CC)CCNCc1cc2ccc(OC)cc2s1. The van der Waals surface area contributed by atoms with Gasteiger partial charge in [-0.2, -0.15) is 0 Å². The van der Waals surface area contributed by atoms with E-state index in [4.69, 9.17) is 4.74 Å². The number of allylic oxidation sites excluding steroid dienone is 1. The minimum atomic E-state index is 0.765. The number of rotatable bonds is 9. The van der Waals surface area contributed by atoms with Crippen LogP contribution in [0.1, 0.15) is 31.1 Å². The molecule has 1 heterocycles. The van der Waals surface area contributed by atoms with Crippen LogP contribution in [-0.2, 0) is 6.54 Å². The van der Waals surface area contributed by atoms with E-state index in [0.717, 1.165) is 31.2 Å². The maximum atomic E-state index is 5.27. The monoisotopic (exact) mass is 303 g/mol. The fourth-order valence-corrected chi connectivity index (χ4v) is 3.59. The molecule has 1 aromatic carbocycles. The average Bonchev–Trinajstić information content (AvgIpc) is 2.91. The van der Waals surface area contributed by atoms with Gasteiger partial charge in [-0.25, -0.2) is 0 Å². The van der Waals surface area contributed by atoms with Crippen LogP contribution < -0.4 is 10.1 Å². The molecule has 0 bridgehead atoms. The van der Waals surface area contributed by atoms with Crippen molar-refractivity contribution in [3.8, 4) is 5.75 Å². The fourth-order valence-electron chi connectivity index (χ4n) is 2.52. The molecule has 1 atom stereocenters. The van der Waals surface area contributed by atoms with Gasteiger partial charge >= 0.3 is 0 Å². The molecular formula is C18H25NOS. The Labute approximate surface area is 131 Å². The average molecular weight is 303 g/mol. The van der Waals surface area contributed by atoms with Crippen LogP contribution in [0.15, 0.2) is 36.9 Å². The van der Waals surface area contributed by atoms with Gasteiger partial charge in [-0.15, -0.1) is 17.9 Å². The second kappa shape index (κ2) is 8.20. The van der Waals surface area contributed by atoms with Crippen LogP contribution in [0.3, 0.4) is 0 Å². The van der Waals surface area contributed by atoms with Crippen molar-refractivity contribution in [1.29, 1.82) is 0 Å². The minimum absolute atomic E-state index is 0.765. The van der Waals surface area contributed by atoms with Crippen molar-refractivity contribution in [2.45, 2.75) is 32.7 Å². The Bertz CT molecular complexity index is 576. The molecule has 0 radical (unpaired) electrons.